The average Bonchev–Trinajstić information content (AvgIpc) is 2.74. The maximum Gasteiger partial charge on any atom is 0.175 e. The normalized spacial score (nSPS) is 10.9. The molecule has 1 N–H and O–H groups in total. The minimum absolute atomic E-state index is 0.172. The standard InChI is InChI=1S/C24H23BrCl2FNO2/c1-2-30-23-13-17(14-29-10-9-18-5-3-4-6-22(18)28)11-19(25)24(23)31-15-16-7-8-20(26)21(27)12-16/h3-8,11-13,29H,2,9-10,14-15H2,1H3. The summed E-state index contributed by atoms with van der Waals surface area (Å²) in [7, 11) is 0. The largest absolute Gasteiger partial charge is 0.490 e. The van der Waals surface area contributed by atoms with Crippen molar-refractivity contribution < 1.29 is 13.9 Å². The van der Waals surface area contributed by atoms with Crippen molar-refractivity contribution >= 4 is 39.1 Å². The van der Waals surface area contributed by atoms with Crippen LogP contribution >= 0.6 is 39.1 Å². The van der Waals surface area contributed by atoms with Gasteiger partial charge in [0.1, 0.15) is 12.4 Å². The number of ether oxygens (including phenoxy) is 2. The van der Waals surface area contributed by atoms with Gasteiger partial charge in [0.25, 0.3) is 0 Å². The number of nitrogens with one attached hydrogen (secondary N) is 1. The zero-order chi connectivity index (χ0) is 22.2. The monoisotopic (exact) mass is 525 g/mol. The Hall–Kier alpha value is -1.79. The Morgan fingerprint density at radius 1 is 0.968 bits per heavy atom. The van der Waals surface area contributed by atoms with E-state index in [9.17, 15) is 4.39 Å². The summed E-state index contributed by atoms with van der Waals surface area (Å²) in [6.07, 6.45) is 0.622. The second-order valence-corrected chi connectivity index (χ2v) is 8.56. The highest BCUT2D eigenvalue weighted by molar-refractivity contribution is 9.10. The highest BCUT2D eigenvalue weighted by Gasteiger charge is 2.13. The van der Waals surface area contributed by atoms with Crippen LogP contribution in [0.2, 0.25) is 10.0 Å². The fourth-order valence-electron chi connectivity index (χ4n) is 3.07. The smallest absolute Gasteiger partial charge is 0.175 e. The molecule has 0 aromatic heterocycles. The van der Waals surface area contributed by atoms with Crippen molar-refractivity contribution in [3.05, 3.63) is 91.6 Å². The number of halogens is 4. The number of rotatable bonds is 10. The third-order valence-electron chi connectivity index (χ3n) is 4.59. The fraction of sp³-hybridized carbons (Fsp3) is 0.250. The minimum Gasteiger partial charge on any atom is -0.490 e. The van der Waals surface area contributed by atoms with Gasteiger partial charge in [0.2, 0.25) is 0 Å². The van der Waals surface area contributed by atoms with Crippen LogP contribution in [-0.4, -0.2) is 13.2 Å². The lowest BCUT2D eigenvalue weighted by molar-refractivity contribution is 0.267. The lowest BCUT2D eigenvalue weighted by atomic mass is 10.1. The van der Waals surface area contributed by atoms with Gasteiger partial charge >= 0.3 is 0 Å². The summed E-state index contributed by atoms with van der Waals surface area (Å²) in [6, 6.07) is 16.2. The van der Waals surface area contributed by atoms with E-state index in [1.807, 2.05) is 31.2 Å². The van der Waals surface area contributed by atoms with Crippen molar-refractivity contribution in [3.8, 4) is 11.5 Å². The molecule has 0 bridgehead atoms. The summed E-state index contributed by atoms with van der Waals surface area (Å²) >= 11 is 15.7. The predicted octanol–water partition coefficient (Wildman–Crippen LogP) is 7.21. The van der Waals surface area contributed by atoms with E-state index in [1.54, 1.807) is 24.3 Å². The molecule has 31 heavy (non-hydrogen) atoms. The average molecular weight is 527 g/mol. The summed E-state index contributed by atoms with van der Waals surface area (Å²) < 4.78 is 26.3. The first-order valence-corrected chi connectivity index (χ1v) is 11.5. The Bertz CT molecular complexity index is 1030. The first-order valence-electron chi connectivity index (χ1n) is 9.94. The van der Waals surface area contributed by atoms with Gasteiger partial charge in [0.15, 0.2) is 11.5 Å². The van der Waals surface area contributed by atoms with E-state index in [-0.39, 0.29) is 5.82 Å². The maximum atomic E-state index is 13.7. The number of hydrogen-bond acceptors (Lipinski definition) is 3. The van der Waals surface area contributed by atoms with Crippen LogP contribution in [0, 0.1) is 5.82 Å². The minimum atomic E-state index is -0.172. The van der Waals surface area contributed by atoms with Crippen molar-refractivity contribution in [1.29, 1.82) is 0 Å². The van der Waals surface area contributed by atoms with Crippen LogP contribution in [0.4, 0.5) is 4.39 Å². The lowest BCUT2D eigenvalue weighted by Crippen LogP contribution is -2.17. The molecule has 7 heteroatoms. The molecule has 0 fully saturated rings. The van der Waals surface area contributed by atoms with E-state index in [0.29, 0.717) is 59.8 Å². The molecular weight excluding hydrogens is 504 g/mol. The molecule has 0 amide bonds. The summed E-state index contributed by atoms with van der Waals surface area (Å²) in [4.78, 5) is 0. The van der Waals surface area contributed by atoms with Gasteiger partial charge in [0.05, 0.1) is 21.1 Å². The predicted molar refractivity (Wildman–Crippen MR) is 128 cm³/mol. The fourth-order valence-corrected chi connectivity index (χ4v) is 3.99. The van der Waals surface area contributed by atoms with Gasteiger partial charge < -0.3 is 14.8 Å². The molecule has 3 aromatic carbocycles. The molecule has 3 nitrogen and oxygen atoms in total. The van der Waals surface area contributed by atoms with Crippen molar-refractivity contribution in [2.24, 2.45) is 0 Å². The Morgan fingerprint density at radius 3 is 2.52 bits per heavy atom. The van der Waals surface area contributed by atoms with Crippen LogP contribution in [0.5, 0.6) is 11.5 Å². The molecule has 0 aliphatic rings. The van der Waals surface area contributed by atoms with Crippen molar-refractivity contribution in [2.45, 2.75) is 26.5 Å². The van der Waals surface area contributed by atoms with E-state index >= 15 is 0 Å². The summed E-state index contributed by atoms with van der Waals surface area (Å²) in [5, 5.41) is 4.35. The molecule has 0 radical (unpaired) electrons. The molecule has 3 rings (SSSR count). The zero-order valence-corrected chi connectivity index (χ0v) is 20.2. The molecule has 0 atom stereocenters. The van der Waals surface area contributed by atoms with E-state index in [1.165, 1.54) is 6.07 Å². The van der Waals surface area contributed by atoms with Gasteiger partial charge in [-0.1, -0.05) is 47.5 Å². The van der Waals surface area contributed by atoms with Gasteiger partial charge in [-0.2, -0.15) is 0 Å². The van der Waals surface area contributed by atoms with Crippen LogP contribution in [0.15, 0.2) is 59.1 Å². The first kappa shape index (κ1) is 23.9. The van der Waals surface area contributed by atoms with E-state index in [2.05, 4.69) is 21.2 Å². The molecule has 0 unspecified atom stereocenters. The molecule has 0 saturated heterocycles. The Labute approximate surface area is 200 Å². The molecule has 0 aliphatic heterocycles. The van der Waals surface area contributed by atoms with Crippen LogP contribution in [-0.2, 0) is 19.6 Å². The Kier molecular flexibility index (Phi) is 9.02. The quantitative estimate of drug-likeness (QED) is 0.283. The highest BCUT2D eigenvalue weighted by Crippen LogP contribution is 2.37. The van der Waals surface area contributed by atoms with Gasteiger partial charge in [-0.3, -0.25) is 0 Å². The molecule has 3 aromatic rings. The molecule has 164 valence electrons. The summed E-state index contributed by atoms with van der Waals surface area (Å²) in [6.45, 7) is 4.06. The zero-order valence-electron chi connectivity index (χ0n) is 17.1. The SMILES string of the molecule is CCOc1cc(CNCCc2ccccc2F)cc(Br)c1OCc1ccc(Cl)c(Cl)c1. The van der Waals surface area contributed by atoms with Crippen LogP contribution in [0.1, 0.15) is 23.6 Å². The second kappa shape index (κ2) is 11.7. The molecule has 0 spiro atoms. The van der Waals surface area contributed by atoms with Crippen molar-refractivity contribution in [1.82, 2.24) is 5.32 Å². The van der Waals surface area contributed by atoms with E-state index in [4.69, 9.17) is 32.7 Å². The van der Waals surface area contributed by atoms with Crippen molar-refractivity contribution in [3.63, 3.8) is 0 Å². The third-order valence-corrected chi connectivity index (χ3v) is 5.92. The molecule has 0 saturated carbocycles. The van der Waals surface area contributed by atoms with Crippen LogP contribution < -0.4 is 14.8 Å². The van der Waals surface area contributed by atoms with Gasteiger partial charge in [-0.15, -0.1) is 0 Å². The molecule has 0 heterocycles. The lowest BCUT2D eigenvalue weighted by Gasteiger charge is -2.16. The summed E-state index contributed by atoms with van der Waals surface area (Å²) in [5.41, 5.74) is 2.64. The molecule has 0 aliphatic carbocycles. The summed E-state index contributed by atoms with van der Waals surface area (Å²) in [5.74, 6) is 1.11. The van der Waals surface area contributed by atoms with Gasteiger partial charge in [-0.05, 0) is 82.8 Å². The van der Waals surface area contributed by atoms with Crippen molar-refractivity contribution in [2.75, 3.05) is 13.2 Å². The number of benzene rings is 3. The van der Waals surface area contributed by atoms with Gasteiger partial charge in [0, 0.05) is 6.54 Å². The van der Waals surface area contributed by atoms with Gasteiger partial charge in [-0.25, -0.2) is 4.39 Å². The van der Waals surface area contributed by atoms with Crippen LogP contribution in [0.3, 0.4) is 0 Å². The Balaban J connectivity index is 1.63. The maximum absolute atomic E-state index is 13.7. The van der Waals surface area contributed by atoms with E-state index in [0.717, 1.165) is 15.6 Å². The third kappa shape index (κ3) is 6.84. The Morgan fingerprint density at radius 2 is 1.77 bits per heavy atom. The van der Waals surface area contributed by atoms with Crippen LogP contribution in [0.25, 0.3) is 0 Å². The second-order valence-electron chi connectivity index (χ2n) is 6.89. The number of hydrogen-bond donors (Lipinski definition) is 1. The topological polar surface area (TPSA) is 30.5 Å². The van der Waals surface area contributed by atoms with E-state index < -0.39 is 0 Å². The highest BCUT2D eigenvalue weighted by atomic mass is 79.9. The first-order chi connectivity index (χ1) is 15.0. The molecular formula is C24H23BrCl2FNO2.